The topological polar surface area (TPSA) is 26.0 Å². The van der Waals surface area contributed by atoms with Crippen LogP contribution < -0.4 is 5.73 Å². The summed E-state index contributed by atoms with van der Waals surface area (Å²) in [6.45, 7) is 0. The fraction of sp³-hybridized carbons (Fsp3) is 0.571. The van der Waals surface area contributed by atoms with E-state index in [2.05, 4.69) is 0 Å². The van der Waals surface area contributed by atoms with Gasteiger partial charge in [-0.3, -0.25) is 0 Å². The zero-order valence-corrected chi connectivity index (χ0v) is 12.0. The Morgan fingerprint density at radius 1 is 1.26 bits per heavy atom. The van der Waals surface area contributed by atoms with Crippen molar-refractivity contribution in [3.63, 3.8) is 0 Å². The third kappa shape index (κ3) is 4.04. The van der Waals surface area contributed by atoms with Crippen LogP contribution in [0.5, 0.6) is 0 Å². The van der Waals surface area contributed by atoms with Gasteiger partial charge in [0.25, 0.3) is 0 Å². The second-order valence-electron chi connectivity index (χ2n) is 5.30. The first-order valence-electron chi connectivity index (χ1n) is 6.45. The molecule has 1 aliphatic carbocycles. The van der Waals surface area contributed by atoms with E-state index in [4.69, 9.17) is 28.9 Å². The second-order valence-corrected chi connectivity index (χ2v) is 6.14. The lowest BCUT2D eigenvalue weighted by Crippen LogP contribution is -2.37. The maximum Gasteiger partial charge on any atom is 0.248 e. The summed E-state index contributed by atoms with van der Waals surface area (Å²) >= 11 is 11.9. The maximum atomic E-state index is 13.1. The van der Waals surface area contributed by atoms with Gasteiger partial charge in [0.2, 0.25) is 5.92 Å². The summed E-state index contributed by atoms with van der Waals surface area (Å²) in [6.07, 6.45) is 1.46. The van der Waals surface area contributed by atoms with Crippen LogP contribution in [0.3, 0.4) is 0 Å². The lowest BCUT2D eigenvalue weighted by atomic mass is 9.80. The van der Waals surface area contributed by atoms with Crippen LogP contribution in [0, 0.1) is 5.92 Å². The fourth-order valence-electron chi connectivity index (χ4n) is 2.60. The van der Waals surface area contributed by atoms with E-state index < -0.39 is 5.92 Å². The van der Waals surface area contributed by atoms with E-state index in [0.717, 1.165) is 5.56 Å². The Balaban J connectivity index is 1.96. The molecule has 0 bridgehead atoms. The summed E-state index contributed by atoms with van der Waals surface area (Å²) < 4.78 is 26.2. The molecule has 1 atom stereocenters. The van der Waals surface area contributed by atoms with Gasteiger partial charge in [-0.1, -0.05) is 29.3 Å². The molecule has 2 N–H and O–H groups in total. The maximum absolute atomic E-state index is 13.1. The summed E-state index contributed by atoms with van der Waals surface area (Å²) in [7, 11) is 0. The van der Waals surface area contributed by atoms with Crippen LogP contribution in [0.25, 0.3) is 0 Å². The van der Waals surface area contributed by atoms with Crippen molar-refractivity contribution in [2.45, 2.75) is 44.1 Å². The minimum absolute atomic E-state index is 0.0558. The molecule has 1 fully saturated rings. The highest BCUT2D eigenvalue weighted by atomic mass is 35.5. The molecule has 1 saturated carbocycles. The highest BCUT2D eigenvalue weighted by molar-refractivity contribution is 6.35. The Labute approximate surface area is 122 Å². The third-order valence-corrected chi connectivity index (χ3v) is 4.42. The van der Waals surface area contributed by atoms with Gasteiger partial charge in [0.05, 0.1) is 0 Å². The van der Waals surface area contributed by atoms with E-state index in [-0.39, 0.29) is 24.8 Å². The standard InChI is InChI=1S/C14H17Cl2F2N/c15-11-2-1-10(12(16)8-11)7-13(19)9-3-5-14(17,18)6-4-9/h1-2,8-9,13H,3-7,19H2. The lowest BCUT2D eigenvalue weighted by Gasteiger charge is -2.32. The van der Waals surface area contributed by atoms with E-state index in [1.54, 1.807) is 12.1 Å². The average Bonchev–Trinajstić information content (AvgIpc) is 2.32. The molecule has 0 aromatic heterocycles. The van der Waals surface area contributed by atoms with E-state index in [1.165, 1.54) is 0 Å². The van der Waals surface area contributed by atoms with Gasteiger partial charge >= 0.3 is 0 Å². The van der Waals surface area contributed by atoms with Crippen molar-refractivity contribution < 1.29 is 8.78 Å². The van der Waals surface area contributed by atoms with Crippen LogP contribution in [0.2, 0.25) is 10.0 Å². The van der Waals surface area contributed by atoms with Crippen molar-refractivity contribution in [1.29, 1.82) is 0 Å². The van der Waals surface area contributed by atoms with E-state index in [1.807, 2.05) is 6.07 Å². The minimum Gasteiger partial charge on any atom is -0.327 e. The first-order valence-corrected chi connectivity index (χ1v) is 7.20. The SMILES string of the molecule is NC(Cc1ccc(Cl)cc1Cl)C1CCC(F)(F)CC1. The van der Waals surface area contributed by atoms with Gasteiger partial charge in [0, 0.05) is 28.9 Å². The van der Waals surface area contributed by atoms with Crippen LogP contribution >= 0.6 is 23.2 Å². The van der Waals surface area contributed by atoms with Gasteiger partial charge in [-0.2, -0.15) is 0 Å². The molecule has 1 aromatic carbocycles. The smallest absolute Gasteiger partial charge is 0.248 e. The van der Waals surface area contributed by atoms with Gasteiger partial charge in [-0.25, -0.2) is 8.78 Å². The van der Waals surface area contributed by atoms with E-state index in [0.29, 0.717) is 29.3 Å². The molecular weight excluding hydrogens is 291 g/mol. The Morgan fingerprint density at radius 3 is 2.47 bits per heavy atom. The molecule has 0 radical (unpaired) electrons. The molecule has 1 aromatic rings. The van der Waals surface area contributed by atoms with Gasteiger partial charge in [-0.05, 0) is 42.9 Å². The van der Waals surface area contributed by atoms with Crippen molar-refractivity contribution >= 4 is 23.2 Å². The molecule has 1 aliphatic rings. The van der Waals surface area contributed by atoms with Gasteiger partial charge < -0.3 is 5.73 Å². The van der Waals surface area contributed by atoms with Crippen molar-refractivity contribution in [3.05, 3.63) is 33.8 Å². The molecule has 19 heavy (non-hydrogen) atoms. The van der Waals surface area contributed by atoms with Gasteiger partial charge in [0.1, 0.15) is 0 Å². The second kappa shape index (κ2) is 5.94. The number of rotatable bonds is 3. The molecule has 2 rings (SSSR count). The number of alkyl halides is 2. The summed E-state index contributed by atoms with van der Waals surface area (Å²) in [6, 6.07) is 5.17. The van der Waals surface area contributed by atoms with Crippen LogP contribution in [0.15, 0.2) is 18.2 Å². The quantitative estimate of drug-likeness (QED) is 0.861. The zero-order chi connectivity index (χ0) is 14.0. The predicted molar refractivity (Wildman–Crippen MR) is 75.0 cm³/mol. The van der Waals surface area contributed by atoms with Gasteiger partial charge in [-0.15, -0.1) is 0 Å². The first-order chi connectivity index (χ1) is 8.87. The summed E-state index contributed by atoms with van der Waals surface area (Å²) in [5, 5.41) is 1.17. The molecular formula is C14H17Cl2F2N. The molecule has 1 unspecified atom stereocenters. The molecule has 0 aliphatic heterocycles. The van der Waals surface area contributed by atoms with Crippen LogP contribution in [0.1, 0.15) is 31.2 Å². The molecule has 106 valence electrons. The highest BCUT2D eigenvalue weighted by Gasteiger charge is 2.36. The number of benzene rings is 1. The number of hydrogen-bond acceptors (Lipinski definition) is 1. The van der Waals surface area contributed by atoms with Gasteiger partial charge in [0.15, 0.2) is 0 Å². The molecule has 0 spiro atoms. The van der Waals surface area contributed by atoms with E-state index in [9.17, 15) is 8.78 Å². The van der Waals surface area contributed by atoms with E-state index >= 15 is 0 Å². The molecule has 0 heterocycles. The third-order valence-electron chi connectivity index (χ3n) is 3.84. The summed E-state index contributed by atoms with van der Waals surface area (Å²) in [5.74, 6) is -2.36. The first kappa shape index (κ1) is 15.0. The number of nitrogens with two attached hydrogens (primary N) is 1. The average molecular weight is 308 g/mol. The number of halogens is 4. The monoisotopic (exact) mass is 307 g/mol. The normalized spacial score (nSPS) is 21.3. The highest BCUT2D eigenvalue weighted by Crippen LogP contribution is 2.37. The van der Waals surface area contributed by atoms with Crippen molar-refractivity contribution in [2.24, 2.45) is 11.7 Å². The van der Waals surface area contributed by atoms with Crippen LogP contribution in [0.4, 0.5) is 8.78 Å². The summed E-state index contributed by atoms with van der Waals surface area (Å²) in [4.78, 5) is 0. The number of hydrogen-bond donors (Lipinski definition) is 1. The molecule has 5 heteroatoms. The largest absolute Gasteiger partial charge is 0.327 e. The Hall–Kier alpha value is -0.380. The van der Waals surface area contributed by atoms with Crippen LogP contribution in [-0.2, 0) is 6.42 Å². The Morgan fingerprint density at radius 2 is 1.89 bits per heavy atom. The van der Waals surface area contributed by atoms with Crippen LogP contribution in [-0.4, -0.2) is 12.0 Å². The van der Waals surface area contributed by atoms with Crippen molar-refractivity contribution in [3.8, 4) is 0 Å². The molecule has 0 amide bonds. The molecule has 0 saturated heterocycles. The van der Waals surface area contributed by atoms with Crippen molar-refractivity contribution in [2.75, 3.05) is 0 Å². The van der Waals surface area contributed by atoms with Crippen molar-refractivity contribution in [1.82, 2.24) is 0 Å². The fourth-order valence-corrected chi connectivity index (χ4v) is 3.08. The Kier molecular flexibility index (Phi) is 4.70. The predicted octanol–water partition coefficient (Wildman–Crippen LogP) is 4.69. The minimum atomic E-state index is -2.51. The Bertz CT molecular complexity index is 441. The summed E-state index contributed by atoms with van der Waals surface area (Å²) in [5.41, 5.74) is 7.07. The lowest BCUT2D eigenvalue weighted by molar-refractivity contribution is -0.0481. The zero-order valence-electron chi connectivity index (χ0n) is 10.5. The molecule has 1 nitrogen and oxygen atoms in total.